The molecule has 1 heterocycles. The highest BCUT2D eigenvalue weighted by molar-refractivity contribution is 5.72. The lowest BCUT2D eigenvalue weighted by Crippen LogP contribution is -1.96. The van der Waals surface area contributed by atoms with Gasteiger partial charge in [-0.1, -0.05) is 12.2 Å². The Bertz CT molecular complexity index is 345. The van der Waals surface area contributed by atoms with Crippen molar-refractivity contribution in [2.45, 2.75) is 13.3 Å². The van der Waals surface area contributed by atoms with E-state index in [9.17, 15) is 4.79 Å². The topological polar surface area (TPSA) is 39.2 Å². The Labute approximate surface area is 83.4 Å². The first-order valence-electron chi connectivity index (χ1n) is 4.38. The average Bonchev–Trinajstić information content (AvgIpc) is 2.20. The summed E-state index contributed by atoms with van der Waals surface area (Å²) >= 11 is 0. The van der Waals surface area contributed by atoms with Gasteiger partial charge in [0, 0.05) is 12.4 Å². The molecule has 1 aromatic rings. The van der Waals surface area contributed by atoms with Gasteiger partial charge in [0.1, 0.15) is 0 Å². The van der Waals surface area contributed by atoms with Gasteiger partial charge in [-0.3, -0.25) is 9.78 Å². The van der Waals surface area contributed by atoms with Gasteiger partial charge in [0.05, 0.1) is 13.5 Å². The summed E-state index contributed by atoms with van der Waals surface area (Å²) in [4.78, 5) is 14.8. The molecule has 1 aromatic heterocycles. The van der Waals surface area contributed by atoms with Crippen LogP contribution in [0.15, 0.2) is 24.5 Å². The predicted molar refractivity (Wildman–Crippen MR) is 54.6 cm³/mol. The number of hydrogen-bond donors (Lipinski definition) is 0. The molecule has 3 heteroatoms. The van der Waals surface area contributed by atoms with Crippen molar-refractivity contribution in [1.82, 2.24) is 4.98 Å². The number of aryl methyl sites for hydroxylation is 1. The number of carbonyl (C=O) groups excluding carboxylic acids is 1. The second-order valence-electron chi connectivity index (χ2n) is 2.91. The second-order valence-corrected chi connectivity index (χ2v) is 2.91. The minimum absolute atomic E-state index is 0.229. The number of pyridine rings is 1. The normalized spacial score (nSPS) is 10.4. The standard InChI is InChI=1S/C11H13NO2/c1-9-8-12-7-6-10(9)4-3-5-11(13)14-2/h3-4,6-8H,5H2,1-2H3. The fourth-order valence-corrected chi connectivity index (χ4v) is 1.04. The van der Waals surface area contributed by atoms with Crippen molar-refractivity contribution >= 4 is 12.0 Å². The first-order chi connectivity index (χ1) is 6.74. The monoisotopic (exact) mass is 191 g/mol. The van der Waals surface area contributed by atoms with E-state index in [0.29, 0.717) is 6.42 Å². The lowest BCUT2D eigenvalue weighted by atomic mass is 10.1. The lowest BCUT2D eigenvalue weighted by Gasteiger charge is -1.97. The van der Waals surface area contributed by atoms with Gasteiger partial charge in [0.25, 0.3) is 0 Å². The van der Waals surface area contributed by atoms with Crippen molar-refractivity contribution in [2.24, 2.45) is 0 Å². The maximum atomic E-state index is 10.8. The molecule has 0 unspecified atom stereocenters. The molecule has 3 nitrogen and oxygen atoms in total. The molecule has 0 radical (unpaired) electrons. The van der Waals surface area contributed by atoms with E-state index < -0.39 is 0 Å². The number of carbonyl (C=O) groups is 1. The molecule has 0 aromatic carbocycles. The van der Waals surface area contributed by atoms with Crippen LogP contribution in [0.25, 0.3) is 6.08 Å². The van der Waals surface area contributed by atoms with Crippen LogP contribution < -0.4 is 0 Å². The molecule has 0 bridgehead atoms. The molecule has 0 N–H and O–H groups in total. The second kappa shape index (κ2) is 5.17. The molecule has 0 saturated carbocycles. The zero-order valence-corrected chi connectivity index (χ0v) is 8.36. The summed E-state index contributed by atoms with van der Waals surface area (Å²) in [6, 6.07) is 1.91. The fourth-order valence-electron chi connectivity index (χ4n) is 1.04. The molecular weight excluding hydrogens is 178 g/mol. The van der Waals surface area contributed by atoms with Crippen molar-refractivity contribution in [1.29, 1.82) is 0 Å². The van der Waals surface area contributed by atoms with Crippen molar-refractivity contribution in [3.05, 3.63) is 35.7 Å². The van der Waals surface area contributed by atoms with Gasteiger partial charge >= 0.3 is 5.97 Å². The number of rotatable bonds is 3. The Hall–Kier alpha value is -1.64. The van der Waals surface area contributed by atoms with E-state index in [4.69, 9.17) is 0 Å². The van der Waals surface area contributed by atoms with E-state index in [2.05, 4.69) is 9.72 Å². The number of methoxy groups -OCH3 is 1. The van der Waals surface area contributed by atoms with Crippen molar-refractivity contribution < 1.29 is 9.53 Å². The Morgan fingerprint density at radius 2 is 2.43 bits per heavy atom. The van der Waals surface area contributed by atoms with Crippen LogP contribution in [0, 0.1) is 6.92 Å². The Kier molecular flexibility index (Phi) is 3.85. The molecule has 14 heavy (non-hydrogen) atoms. The molecule has 1 rings (SSSR count). The maximum absolute atomic E-state index is 10.8. The molecule has 0 amide bonds. The van der Waals surface area contributed by atoms with Crippen LogP contribution >= 0.6 is 0 Å². The fraction of sp³-hybridized carbons (Fsp3) is 0.273. The van der Waals surface area contributed by atoms with Crippen LogP contribution in [0.1, 0.15) is 17.5 Å². The number of ether oxygens (including phenoxy) is 1. The molecule has 0 aliphatic rings. The Morgan fingerprint density at radius 3 is 3.07 bits per heavy atom. The summed E-state index contributed by atoms with van der Waals surface area (Å²) in [5.41, 5.74) is 2.16. The first-order valence-corrected chi connectivity index (χ1v) is 4.38. The van der Waals surface area contributed by atoms with E-state index in [1.54, 1.807) is 18.5 Å². The van der Waals surface area contributed by atoms with Gasteiger partial charge in [0.2, 0.25) is 0 Å². The summed E-state index contributed by atoms with van der Waals surface area (Å²) in [6.45, 7) is 1.98. The van der Waals surface area contributed by atoms with Crippen molar-refractivity contribution in [3.63, 3.8) is 0 Å². The SMILES string of the molecule is COC(=O)CC=Cc1ccncc1C. The van der Waals surface area contributed by atoms with Crippen LogP contribution in [0.4, 0.5) is 0 Å². The molecule has 0 saturated heterocycles. The number of hydrogen-bond acceptors (Lipinski definition) is 3. The quantitative estimate of drug-likeness (QED) is 0.685. The van der Waals surface area contributed by atoms with Gasteiger partial charge in [-0.2, -0.15) is 0 Å². The maximum Gasteiger partial charge on any atom is 0.309 e. The van der Waals surface area contributed by atoms with Crippen LogP contribution in [-0.4, -0.2) is 18.1 Å². The van der Waals surface area contributed by atoms with Crippen molar-refractivity contribution in [3.8, 4) is 0 Å². The van der Waals surface area contributed by atoms with E-state index in [1.807, 2.05) is 19.1 Å². The molecule has 0 atom stereocenters. The van der Waals surface area contributed by atoms with Gasteiger partial charge in [-0.05, 0) is 24.1 Å². The molecule has 74 valence electrons. The van der Waals surface area contributed by atoms with E-state index in [1.165, 1.54) is 7.11 Å². The largest absolute Gasteiger partial charge is 0.469 e. The van der Waals surface area contributed by atoms with Crippen molar-refractivity contribution in [2.75, 3.05) is 7.11 Å². The number of nitrogens with zero attached hydrogens (tertiary/aromatic N) is 1. The highest BCUT2D eigenvalue weighted by Crippen LogP contribution is 2.07. The zero-order valence-electron chi connectivity index (χ0n) is 8.36. The van der Waals surface area contributed by atoms with E-state index in [-0.39, 0.29) is 5.97 Å². The minimum Gasteiger partial charge on any atom is -0.469 e. The molecule has 0 spiro atoms. The van der Waals surface area contributed by atoms with E-state index >= 15 is 0 Å². The van der Waals surface area contributed by atoms with Gasteiger partial charge < -0.3 is 4.74 Å². The predicted octanol–water partition coefficient (Wildman–Crippen LogP) is 1.97. The third kappa shape index (κ3) is 3.01. The average molecular weight is 191 g/mol. The smallest absolute Gasteiger partial charge is 0.309 e. The highest BCUT2D eigenvalue weighted by Gasteiger charge is 1.95. The summed E-state index contributed by atoms with van der Waals surface area (Å²) in [6.07, 6.45) is 7.50. The van der Waals surface area contributed by atoms with E-state index in [0.717, 1.165) is 11.1 Å². The Morgan fingerprint density at radius 1 is 1.64 bits per heavy atom. The van der Waals surface area contributed by atoms with Gasteiger partial charge in [-0.25, -0.2) is 0 Å². The first kappa shape index (κ1) is 10.4. The minimum atomic E-state index is -0.229. The van der Waals surface area contributed by atoms with Gasteiger partial charge in [0.15, 0.2) is 0 Å². The van der Waals surface area contributed by atoms with Gasteiger partial charge in [-0.15, -0.1) is 0 Å². The zero-order chi connectivity index (χ0) is 10.4. The molecule has 0 fully saturated rings. The van der Waals surface area contributed by atoms with Crippen LogP contribution in [0.2, 0.25) is 0 Å². The number of esters is 1. The molecule has 0 aliphatic heterocycles. The third-order valence-electron chi connectivity index (χ3n) is 1.87. The summed E-state index contributed by atoms with van der Waals surface area (Å²) in [7, 11) is 1.38. The molecule has 0 aliphatic carbocycles. The van der Waals surface area contributed by atoms with Crippen LogP contribution in [0.5, 0.6) is 0 Å². The summed E-state index contributed by atoms with van der Waals surface area (Å²) < 4.78 is 4.52. The third-order valence-corrected chi connectivity index (χ3v) is 1.87. The highest BCUT2D eigenvalue weighted by atomic mass is 16.5. The van der Waals surface area contributed by atoms with Crippen LogP contribution in [-0.2, 0) is 9.53 Å². The molecular formula is C11H13NO2. The Balaban J connectivity index is 2.60. The lowest BCUT2D eigenvalue weighted by molar-refractivity contribution is -0.139. The number of aromatic nitrogens is 1. The van der Waals surface area contributed by atoms with Crippen LogP contribution in [0.3, 0.4) is 0 Å². The summed E-state index contributed by atoms with van der Waals surface area (Å²) in [5.74, 6) is -0.229. The summed E-state index contributed by atoms with van der Waals surface area (Å²) in [5, 5.41) is 0.